The van der Waals surface area contributed by atoms with Crippen LogP contribution in [0.25, 0.3) is 0 Å². The second-order valence-corrected chi connectivity index (χ2v) is 4.74. The van der Waals surface area contributed by atoms with E-state index in [0.29, 0.717) is 12.1 Å². The van der Waals surface area contributed by atoms with Crippen molar-refractivity contribution in [3.63, 3.8) is 0 Å². The molecule has 0 unspecified atom stereocenters. The van der Waals surface area contributed by atoms with Crippen molar-refractivity contribution in [2.24, 2.45) is 7.05 Å². The second kappa shape index (κ2) is 5.61. The van der Waals surface area contributed by atoms with Crippen LogP contribution in [0.4, 0.5) is 5.69 Å². The summed E-state index contributed by atoms with van der Waals surface area (Å²) in [5.74, 6) is -0.0510. The molecular weight excluding hydrogens is 238 g/mol. The number of carbonyl (C=O) groups is 1. The van der Waals surface area contributed by atoms with Crippen molar-refractivity contribution in [3.8, 4) is 0 Å². The van der Waals surface area contributed by atoms with E-state index in [0.717, 1.165) is 11.4 Å². The van der Waals surface area contributed by atoms with Crippen molar-refractivity contribution < 1.29 is 4.79 Å². The number of rotatable bonds is 4. The van der Waals surface area contributed by atoms with Gasteiger partial charge in [0.05, 0.1) is 6.54 Å². The standard InChI is InChI=1S/C15H19N3O/c1-17(2)13-7-4-6-12(10-13)15(19)16-11-14-8-5-9-18(14)3/h4-10H,11H2,1-3H3,(H,16,19). The average molecular weight is 257 g/mol. The van der Waals surface area contributed by atoms with Crippen molar-refractivity contribution in [2.75, 3.05) is 19.0 Å². The molecule has 2 aromatic rings. The molecule has 1 aromatic heterocycles. The Morgan fingerprint density at radius 1 is 1.26 bits per heavy atom. The van der Waals surface area contributed by atoms with Gasteiger partial charge in [0.15, 0.2) is 0 Å². The van der Waals surface area contributed by atoms with Gasteiger partial charge in [-0.3, -0.25) is 4.79 Å². The fourth-order valence-corrected chi connectivity index (χ4v) is 1.88. The van der Waals surface area contributed by atoms with Gasteiger partial charge < -0.3 is 14.8 Å². The summed E-state index contributed by atoms with van der Waals surface area (Å²) in [6.45, 7) is 0.536. The Morgan fingerprint density at radius 2 is 2.05 bits per heavy atom. The summed E-state index contributed by atoms with van der Waals surface area (Å²) in [4.78, 5) is 14.1. The molecule has 1 amide bonds. The highest BCUT2D eigenvalue weighted by atomic mass is 16.1. The molecular formula is C15H19N3O. The lowest BCUT2D eigenvalue weighted by atomic mass is 10.2. The van der Waals surface area contributed by atoms with Gasteiger partial charge >= 0.3 is 0 Å². The molecule has 4 nitrogen and oxygen atoms in total. The van der Waals surface area contributed by atoms with E-state index in [-0.39, 0.29) is 5.91 Å². The van der Waals surface area contributed by atoms with Gasteiger partial charge in [-0.05, 0) is 30.3 Å². The molecule has 0 spiro atoms. The fraction of sp³-hybridized carbons (Fsp3) is 0.267. The first-order valence-electron chi connectivity index (χ1n) is 6.23. The molecule has 19 heavy (non-hydrogen) atoms. The lowest BCUT2D eigenvalue weighted by molar-refractivity contribution is 0.0950. The van der Waals surface area contributed by atoms with E-state index in [2.05, 4.69) is 5.32 Å². The highest BCUT2D eigenvalue weighted by Gasteiger charge is 2.07. The van der Waals surface area contributed by atoms with E-state index < -0.39 is 0 Å². The molecule has 100 valence electrons. The first-order chi connectivity index (χ1) is 9.08. The maximum atomic E-state index is 12.1. The maximum Gasteiger partial charge on any atom is 0.251 e. The topological polar surface area (TPSA) is 37.3 Å². The number of nitrogens with one attached hydrogen (secondary N) is 1. The van der Waals surface area contributed by atoms with E-state index in [1.807, 2.05) is 73.2 Å². The Bertz CT molecular complexity index is 572. The van der Waals surface area contributed by atoms with Crippen LogP contribution < -0.4 is 10.2 Å². The van der Waals surface area contributed by atoms with Gasteiger partial charge in [0, 0.05) is 44.3 Å². The summed E-state index contributed by atoms with van der Waals surface area (Å²) < 4.78 is 2.00. The number of hydrogen-bond acceptors (Lipinski definition) is 2. The quantitative estimate of drug-likeness (QED) is 0.910. The summed E-state index contributed by atoms with van der Waals surface area (Å²) >= 11 is 0. The molecule has 4 heteroatoms. The first-order valence-corrected chi connectivity index (χ1v) is 6.23. The molecule has 0 atom stereocenters. The van der Waals surface area contributed by atoms with Gasteiger partial charge in [0.1, 0.15) is 0 Å². The number of hydrogen-bond donors (Lipinski definition) is 1. The predicted octanol–water partition coefficient (Wildman–Crippen LogP) is 2.02. The lowest BCUT2D eigenvalue weighted by Gasteiger charge is -2.13. The van der Waals surface area contributed by atoms with Crippen LogP contribution in [0.2, 0.25) is 0 Å². The zero-order valence-electron chi connectivity index (χ0n) is 11.6. The minimum atomic E-state index is -0.0510. The Hall–Kier alpha value is -2.23. The molecule has 1 heterocycles. The molecule has 2 rings (SSSR count). The highest BCUT2D eigenvalue weighted by molar-refractivity contribution is 5.95. The summed E-state index contributed by atoms with van der Waals surface area (Å²) in [7, 11) is 5.89. The summed E-state index contributed by atoms with van der Waals surface area (Å²) in [5, 5.41) is 2.93. The molecule has 0 radical (unpaired) electrons. The van der Waals surface area contributed by atoms with Crippen LogP contribution in [0, 0.1) is 0 Å². The number of anilines is 1. The molecule has 0 aliphatic carbocycles. The fourth-order valence-electron chi connectivity index (χ4n) is 1.88. The number of aromatic nitrogens is 1. The van der Waals surface area contributed by atoms with E-state index in [9.17, 15) is 4.79 Å². The monoisotopic (exact) mass is 257 g/mol. The zero-order valence-corrected chi connectivity index (χ0v) is 11.6. The smallest absolute Gasteiger partial charge is 0.251 e. The van der Waals surface area contributed by atoms with E-state index >= 15 is 0 Å². The van der Waals surface area contributed by atoms with Crippen LogP contribution in [0.1, 0.15) is 16.1 Å². The molecule has 0 fully saturated rings. The molecule has 0 bridgehead atoms. The van der Waals surface area contributed by atoms with Gasteiger partial charge in [0.2, 0.25) is 0 Å². The van der Waals surface area contributed by atoms with Gasteiger partial charge in [-0.15, -0.1) is 0 Å². The van der Waals surface area contributed by atoms with Crippen LogP contribution in [0.15, 0.2) is 42.6 Å². The molecule has 0 saturated heterocycles. The zero-order chi connectivity index (χ0) is 13.8. The predicted molar refractivity (Wildman–Crippen MR) is 77.4 cm³/mol. The number of carbonyl (C=O) groups excluding carboxylic acids is 1. The highest BCUT2D eigenvalue weighted by Crippen LogP contribution is 2.13. The maximum absolute atomic E-state index is 12.1. The van der Waals surface area contributed by atoms with Crippen molar-refractivity contribution in [2.45, 2.75) is 6.54 Å². The molecule has 1 N–H and O–H groups in total. The number of amides is 1. The summed E-state index contributed by atoms with van der Waals surface area (Å²) in [6.07, 6.45) is 1.97. The Balaban J connectivity index is 2.04. The van der Waals surface area contributed by atoms with Crippen LogP contribution in [-0.2, 0) is 13.6 Å². The van der Waals surface area contributed by atoms with Crippen molar-refractivity contribution in [3.05, 3.63) is 53.9 Å². The SMILES string of the molecule is CN(C)c1cccc(C(=O)NCc2cccn2C)c1. The van der Waals surface area contributed by atoms with Gasteiger partial charge in [-0.2, -0.15) is 0 Å². The first kappa shape index (κ1) is 13.2. The number of nitrogens with zero attached hydrogens (tertiary/aromatic N) is 2. The molecule has 0 aliphatic heterocycles. The largest absolute Gasteiger partial charge is 0.378 e. The molecule has 1 aromatic carbocycles. The normalized spacial score (nSPS) is 10.3. The minimum Gasteiger partial charge on any atom is -0.378 e. The van der Waals surface area contributed by atoms with Crippen LogP contribution in [0.5, 0.6) is 0 Å². The Morgan fingerprint density at radius 3 is 2.68 bits per heavy atom. The Kier molecular flexibility index (Phi) is 3.90. The van der Waals surface area contributed by atoms with Crippen molar-refractivity contribution in [1.82, 2.24) is 9.88 Å². The minimum absolute atomic E-state index is 0.0510. The summed E-state index contributed by atoms with van der Waals surface area (Å²) in [6, 6.07) is 11.6. The average Bonchev–Trinajstić information content (AvgIpc) is 2.81. The number of aryl methyl sites for hydroxylation is 1. The molecule has 0 saturated carbocycles. The van der Waals surface area contributed by atoms with E-state index in [4.69, 9.17) is 0 Å². The van der Waals surface area contributed by atoms with Crippen LogP contribution >= 0.6 is 0 Å². The van der Waals surface area contributed by atoms with Gasteiger partial charge in [-0.1, -0.05) is 6.07 Å². The lowest BCUT2D eigenvalue weighted by Crippen LogP contribution is -2.24. The second-order valence-electron chi connectivity index (χ2n) is 4.74. The number of benzene rings is 1. The van der Waals surface area contributed by atoms with Crippen molar-refractivity contribution >= 4 is 11.6 Å². The van der Waals surface area contributed by atoms with Gasteiger partial charge in [0.25, 0.3) is 5.91 Å². The van der Waals surface area contributed by atoms with Crippen LogP contribution in [-0.4, -0.2) is 24.6 Å². The molecule has 0 aliphatic rings. The van der Waals surface area contributed by atoms with Crippen LogP contribution in [0.3, 0.4) is 0 Å². The third kappa shape index (κ3) is 3.16. The summed E-state index contributed by atoms with van der Waals surface area (Å²) in [5.41, 5.74) is 2.78. The van der Waals surface area contributed by atoms with Crippen molar-refractivity contribution in [1.29, 1.82) is 0 Å². The van der Waals surface area contributed by atoms with E-state index in [1.165, 1.54) is 0 Å². The third-order valence-corrected chi connectivity index (χ3v) is 3.11. The Labute approximate surface area is 113 Å². The van der Waals surface area contributed by atoms with E-state index in [1.54, 1.807) is 0 Å². The van der Waals surface area contributed by atoms with Gasteiger partial charge in [-0.25, -0.2) is 0 Å². The third-order valence-electron chi connectivity index (χ3n) is 3.11.